The molecule has 1 N–H and O–H groups in total. The Morgan fingerprint density at radius 3 is 2.47 bits per heavy atom. The van der Waals surface area contributed by atoms with E-state index in [1.165, 1.54) is 35.0 Å². The van der Waals surface area contributed by atoms with E-state index in [4.69, 9.17) is 0 Å². The van der Waals surface area contributed by atoms with Crippen molar-refractivity contribution in [3.05, 3.63) is 20.8 Å². The van der Waals surface area contributed by atoms with Crippen LogP contribution in [0.5, 0.6) is 0 Å². The molecule has 1 aromatic rings. The highest BCUT2D eigenvalue weighted by molar-refractivity contribution is 9.10. The average Bonchev–Trinajstić information content (AvgIpc) is 2.91. The predicted octanol–water partition coefficient (Wildman–Crippen LogP) is 3.65. The van der Waals surface area contributed by atoms with Crippen LogP contribution in [0.4, 0.5) is 0 Å². The van der Waals surface area contributed by atoms with E-state index in [-0.39, 0.29) is 5.54 Å². The zero-order valence-electron chi connectivity index (χ0n) is 10.8. The smallest absolute Gasteiger partial charge is 0.0610 e. The highest BCUT2D eigenvalue weighted by Crippen LogP contribution is 2.46. The molecule has 0 aliphatic heterocycles. The lowest BCUT2D eigenvalue weighted by Crippen LogP contribution is -2.51. The van der Waals surface area contributed by atoms with E-state index in [0.29, 0.717) is 6.04 Å². The summed E-state index contributed by atoms with van der Waals surface area (Å²) >= 11 is 5.53. The van der Waals surface area contributed by atoms with E-state index in [1.807, 2.05) is 11.3 Å². The third-order valence-corrected chi connectivity index (χ3v) is 6.03. The number of nitrogens with one attached hydrogen (secondary N) is 1. The van der Waals surface area contributed by atoms with E-state index in [0.717, 1.165) is 0 Å². The molecular weight excluding hydrogens is 296 g/mol. The van der Waals surface area contributed by atoms with E-state index in [1.54, 1.807) is 0 Å². The van der Waals surface area contributed by atoms with Gasteiger partial charge in [0.25, 0.3) is 0 Å². The second kappa shape index (κ2) is 5.39. The van der Waals surface area contributed by atoms with Gasteiger partial charge in [-0.2, -0.15) is 0 Å². The van der Waals surface area contributed by atoms with Crippen LogP contribution in [-0.2, 0) is 0 Å². The number of hydrogen-bond donors (Lipinski definition) is 1. The summed E-state index contributed by atoms with van der Waals surface area (Å²) in [7, 11) is 6.52. The number of halogens is 1. The maximum atomic E-state index is 3.68. The number of nitrogens with zero attached hydrogens (tertiary/aromatic N) is 1. The molecule has 96 valence electrons. The number of hydrogen-bond acceptors (Lipinski definition) is 3. The molecule has 0 spiro atoms. The molecule has 17 heavy (non-hydrogen) atoms. The van der Waals surface area contributed by atoms with Gasteiger partial charge in [0.1, 0.15) is 0 Å². The minimum Gasteiger partial charge on any atom is -0.311 e. The maximum absolute atomic E-state index is 3.68. The lowest BCUT2D eigenvalue weighted by Gasteiger charge is -2.43. The van der Waals surface area contributed by atoms with E-state index in [9.17, 15) is 0 Å². The molecule has 1 fully saturated rings. The van der Waals surface area contributed by atoms with Crippen LogP contribution in [-0.4, -0.2) is 31.6 Å². The Morgan fingerprint density at radius 2 is 2.06 bits per heavy atom. The Balaban J connectivity index is 2.37. The fourth-order valence-corrected chi connectivity index (χ4v) is 4.96. The predicted molar refractivity (Wildman–Crippen MR) is 78.7 cm³/mol. The minimum absolute atomic E-state index is 0.280. The lowest BCUT2D eigenvalue weighted by atomic mass is 9.86. The van der Waals surface area contributed by atoms with Gasteiger partial charge in [-0.15, -0.1) is 11.3 Å². The first-order valence-electron chi connectivity index (χ1n) is 6.19. The van der Waals surface area contributed by atoms with Crippen LogP contribution < -0.4 is 5.32 Å². The van der Waals surface area contributed by atoms with E-state index >= 15 is 0 Å². The summed E-state index contributed by atoms with van der Waals surface area (Å²) in [5.74, 6) is 0. The monoisotopic (exact) mass is 316 g/mol. The van der Waals surface area contributed by atoms with Crippen LogP contribution in [0.15, 0.2) is 15.9 Å². The lowest BCUT2D eigenvalue weighted by molar-refractivity contribution is 0.110. The van der Waals surface area contributed by atoms with Crippen molar-refractivity contribution in [2.24, 2.45) is 0 Å². The van der Waals surface area contributed by atoms with Crippen LogP contribution in [0, 0.1) is 0 Å². The summed E-state index contributed by atoms with van der Waals surface area (Å²) in [5.41, 5.74) is 0.280. The van der Waals surface area contributed by atoms with Gasteiger partial charge in [-0.3, -0.25) is 0 Å². The molecule has 0 radical (unpaired) electrons. The van der Waals surface area contributed by atoms with Crippen molar-refractivity contribution in [2.75, 3.05) is 21.1 Å². The van der Waals surface area contributed by atoms with Gasteiger partial charge in [0.15, 0.2) is 0 Å². The molecule has 0 amide bonds. The van der Waals surface area contributed by atoms with Gasteiger partial charge in [0.2, 0.25) is 0 Å². The van der Waals surface area contributed by atoms with Gasteiger partial charge in [0, 0.05) is 14.9 Å². The fourth-order valence-electron chi connectivity index (χ4n) is 3.14. The summed E-state index contributed by atoms with van der Waals surface area (Å²) in [5, 5.41) is 5.72. The SMILES string of the molecule is CNC(c1sccc1Br)C1(N(C)C)CCCC1. The summed E-state index contributed by atoms with van der Waals surface area (Å²) in [6.07, 6.45) is 5.27. The van der Waals surface area contributed by atoms with Crippen molar-refractivity contribution in [2.45, 2.75) is 37.3 Å². The molecular formula is C13H21BrN2S. The Morgan fingerprint density at radius 1 is 1.41 bits per heavy atom. The van der Waals surface area contributed by atoms with Crippen LogP contribution in [0.25, 0.3) is 0 Å². The molecule has 1 aliphatic carbocycles. The highest BCUT2D eigenvalue weighted by atomic mass is 79.9. The number of thiophene rings is 1. The standard InChI is InChI=1S/C13H21BrN2S/c1-15-12(11-10(14)6-9-17-11)13(16(2)3)7-4-5-8-13/h6,9,12,15H,4-5,7-8H2,1-3H3. The van der Waals surface area contributed by atoms with Crippen LogP contribution in [0.3, 0.4) is 0 Å². The summed E-state index contributed by atoms with van der Waals surface area (Å²) in [6.45, 7) is 0. The molecule has 2 rings (SSSR count). The zero-order chi connectivity index (χ0) is 12.5. The molecule has 1 atom stereocenters. The molecule has 1 aliphatic rings. The Labute approximate surface area is 117 Å². The number of likely N-dealkylation sites (N-methyl/N-ethyl adjacent to an activating group) is 2. The molecule has 2 nitrogen and oxygen atoms in total. The van der Waals surface area contributed by atoms with Gasteiger partial charge in [-0.25, -0.2) is 0 Å². The first kappa shape index (κ1) is 13.5. The molecule has 1 heterocycles. The van der Waals surface area contributed by atoms with Crippen LogP contribution >= 0.6 is 27.3 Å². The molecule has 1 unspecified atom stereocenters. The molecule has 0 saturated heterocycles. The average molecular weight is 317 g/mol. The van der Waals surface area contributed by atoms with Gasteiger partial charge >= 0.3 is 0 Å². The van der Waals surface area contributed by atoms with Crippen molar-refractivity contribution in [1.82, 2.24) is 10.2 Å². The Hall–Kier alpha value is 0.1000. The second-order valence-corrected chi connectivity index (χ2v) is 6.86. The molecule has 1 saturated carbocycles. The van der Waals surface area contributed by atoms with Gasteiger partial charge in [-0.05, 0) is 61.4 Å². The third kappa shape index (κ3) is 2.33. The fraction of sp³-hybridized carbons (Fsp3) is 0.692. The largest absolute Gasteiger partial charge is 0.311 e. The summed E-state index contributed by atoms with van der Waals surface area (Å²) in [6, 6.07) is 2.58. The van der Waals surface area contributed by atoms with Gasteiger partial charge in [0.05, 0.1) is 6.04 Å². The van der Waals surface area contributed by atoms with Crippen molar-refractivity contribution in [1.29, 1.82) is 0 Å². The normalized spacial score (nSPS) is 21.0. The topological polar surface area (TPSA) is 15.3 Å². The first-order chi connectivity index (χ1) is 8.12. The molecule has 0 aromatic carbocycles. The summed E-state index contributed by atoms with van der Waals surface area (Å²) < 4.78 is 1.25. The molecule has 1 aromatic heterocycles. The van der Waals surface area contributed by atoms with Crippen molar-refractivity contribution < 1.29 is 0 Å². The van der Waals surface area contributed by atoms with Crippen LogP contribution in [0.1, 0.15) is 36.6 Å². The number of rotatable bonds is 4. The van der Waals surface area contributed by atoms with E-state index in [2.05, 4.69) is 58.7 Å². The van der Waals surface area contributed by atoms with Crippen LogP contribution in [0.2, 0.25) is 0 Å². The molecule has 0 bridgehead atoms. The Bertz CT molecular complexity index is 369. The van der Waals surface area contributed by atoms with E-state index < -0.39 is 0 Å². The minimum atomic E-state index is 0.280. The quantitative estimate of drug-likeness (QED) is 0.912. The van der Waals surface area contributed by atoms with Gasteiger partial charge in [-0.1, -0.05) is 12.8 Å². The van der Waals surface area contributed by atoms with Crippen molar-refractivity contribution >= 4 is 27.3 Å². The second-order valence-electron chi connectivity index (χ2n) is 5.06. The maximum Gasteiger partial charge on any atom is 0.0610 e. The first-order valence-corrected chi connectivity index (χ1v) is 7.86. The summed E-state index contributed by atoms with van der Waals surface area (Å²) in [4.78, 5) is 3.86. The Kier molecular flexibility index (Phi) is 4.29. The van der Waals surface area contributed by atoms with Gasteiger partial charge < -0.3 is 10.2 Å². The zero-order valence-corrected chi connectivity index (χ0v) is 13.2. The highest BCUT2D eigenvalue weighted by Gasteiger charge is 2.44. The third-order valence-electron chi connectivity index (χ3n) is 4.09. The molecule has 4 heteroatoms. The van der Waals surface area contributed by atoms with Crippen molar-refractivity contribution in [3.8, 4) is 0 Å². The van der Waals surface area contributed by atoms with Crippen molar-refractivity contribution in [3.63, 3.8) is 0 Å².